The SMILES string of the molecule is CCOC(=O)N1CCN(N([O-])N=O)CC1.[Na+]. The van der Waals surface area contributed by atoms with E-state index in [4.69, 9.17) is 4.74 Å². The van der Waals surface area contributed by atoms with Crippen molar-refractivity contribution in [3.63, 3.8) is 0 Å². The van der Waals surface area contributed by atoms with Crippen LogP contribution in [0.2, 0.25) is 0 Å². The number of rotatable bonds is 3. The van der Waals surface area contributed by atoms with Crippen molar-refractivity contribution in [2.24, 2.45) is 5.29 Å². The fourth-order valence-corrected chi connectivity index (χ4v) is 1.32. The molecule has 9 heteroatoms. The van der Waals surface area contributed by atoms with Crippen LogP contribution in [0.15, 0.2) is 5.29 Å². The molecule has 16 heavy (non-hydrogen) atoms. The van der Waals surface area contributed by atoms with Gasteiger partial charge in [-0.2, -0.15) is 0 Å². The van der Waals surface area contributed by atoms with Crippen LogP contribution in [-0.4, -0.2) is 54.1 Å². The molecule has 0 atom stereocenters. The molecule has 8 nitrogen and oxygen atoms in total. The zero-order valence-electron chi connectivity index (χ0n) is 9.46. The summed E-state index contributed by atoms with van der Waals surface area (Å²) < 4.78 is 4.79. The molecule has 0 bridgehead atoms. The van der Waals surface area contributed by atoms with E-state index in [-0.39, 0.29) is 47.9 Å². The Balaban J connectivity index is 0.00000225. The van der Waals surface area contributed by atoms with Crippen LogP contribution < -0.4 is 29.6 Å². The zero-order valence-corrected chi connectivity index (χ0v) is 11.5. The van der Waals surface area contributed by atoms with Crippen molar-refractivity contribution in [2.75, 3.05) is 32.8 Å². The molecule has 1 rings (SSSR count). The minimum Gasteiger partial charge on any atom is -0.724 e. The average Bonchev–Trinajstić information content (AvgIpc) is 2.28. The van der Waals surface area contributed by atoms with E-state index in [1.165, 1.54) is 9.91 Å². The van der Waals surface area contributed by atoms with Gasteiger partial charge >= 0.3 is 35.7 Å². The van der Waals surface area contributed by atoms with Gasteiger partial charge in [0.15, 0.2) is 0 Å². The molecule has 1 heterocycles. The van der Waals surface area contributed by atoms with Crippen molar-refractivity contribution in [2.45, 2.75) is 6.92 Å². The first-order chi connectivity index (χ1) is 7.19. The molecule has 0 saturated carbocycles. The monoisotopic (exact) mass is 240 g/mol. The summed E-state index contributed by atoms with van der Waals surface area (Å²) in [6.45, 7) is 3.33. The van der Waals surface area contributed by atoms with Crippen molar-refractivity contribution in [3.05, 3.63) is 10.1 Å². The topological polar surface area (TPSA) is 88.5 Å². The van der Waals surface area contributed by atoms with Crippen LogP contribution in [0.5, 0.6) is 0 Å². The second-order valence-electron chi connectivity index (χ2n) is 2.97. The van der Waals surface area contributed by atoms with E-state index in [0.29, 0.717) is 19.7 Å². The Morgan fingerprint density at radius 1 is 1.44 bits per heavy atom. The first-order valence-electron chi connectivity index (χ1n) is 4.66. The van der Waals surface area contributed by atoms with Crippen LogP contribution >= 0.6 is 0 Å². The number of amides is 1. The molecule has 1 amide bonds. The van der Waals surface area contributed by atoms with Crippen LogP contribution in [0.4, 0.5) is 4.79 Å². The van der Waals surface area contributed by atoms with E-state index in [1.54, 1.807) is 6.92 Å². The van der Waals surface area contributed by atoms with Crippen LogP contribution in [0.25, 0.3) is 0 Å². The number of nitroso groups, excluding NO2 is 1. The number of nitrogens with zero attached hydrogens (tertiary/aromatic N) is 4. The third kappa shape index (κ3) is 4.22. The van der Waals surface area contributed by atoms with E-state index in [9.17, 15) is 14.9 Å². The Morgan fingerprint density at radius 3 is 2.44 bits per heavy atom. The van der Waals surface area contributed by atoms with Gasteiger partial charge in [-0.25, -0.2) is 9.80 Å². The molecule has 0 aliphatic carbocycles. The fraction of sp³-hybridized carbons (Fsp3) is 0.857. The summed E-state index contributed by atoms with van der Waals surface area (Å²) in [5, 5.41) is 14.3. The van der Waals surface area contributed by atoms with Gasteiger partial charge in [0.1, 0.15) is 0 Å². The maximum atomic E-state index is 11.3. The van der Waals surface area contributed by atoms with Gasteiger partial charge in [0, 0.05) is 26.2 Å². The maximum absolute atomic E-state index is 11.3. The van der Waals surface area contributed by atoms with Gasteiger partial charge in [-0.15, -0.1) is 4.91 Å². The summed E-state index contributed by atoms with van der Waals surface area (Å²) in [7, 11) is 0. The van der Waals surface area contributed by atoms with Crippen LogP contribution in [-0.2, 0) is 4.74 Å². The van der Waals surface area contributed by atoms with Gasteiger partial charge in [0.2, 0.25) is 0 Å². The van der Waals surface area contributed by atoms with Crippen LogP contribution in [0, 0.1) is 10.1 Å². The van der Waals surface area contributed by atoms with Gasteiger partial charge in [-0.3, -0.25) is 5.28 Å². The first-order valence-corrected chi connectivity index (χ1v) is 4.66. The number of hydrogen-bond donors (Lipinski definition) is 0. The normalized spacial score (nSPS) is 16.2. The Morgan fingerprint density at radius 2 is 2.00 bits per heavy atom. The summed E-state index contributed by atoms with van der Waals surface area (Å²) in [5.41, 5.74) is 0. The molecule has 1 aliphatic heterocycles. The molecule has 0 N–H and O–H groups in total. The molecule has 0 unspecified atom stereocenters. The summed E-state index contributed by atoms with van der Waals surface area (Å²) in [5.74, 6) is 0. The average molecular weight is 240 g/mol. The van der Waals surface area contributed by atoms with Gasteiger partial charge in [0.05, 0.1) is 11.9 Å². The molecular formula is C7H13N4NaO4. The Hall–Kier alpha value is -0.410. The minimum atomic E-state index is -0.395. The number of carbonyl (C=O) groups is 1. The quantitative estimate of drug-likeness (QED) is 0.300. The first kappa shape index (κ1) is 15.6. The van der Waals surface area contributed by atoms with Crippen LogP contribution in [0.1, 0.15) is 6.92 Å². The third-order valence-electron chi connectivity index (χ3n) is 2.09. The van der Waals surface area contributed by atoms with E-state index in [1.807, 2.05) is 0 Å². The largest absolute Gasteiger partial charge is 1.00 e. The Labute approximate surface area is 115 Å². The third-order valence-corrected chi connectivity index (χ3v) is 2.09. The second-order valence-corrected chi connectivity index (χ2v) is 2.97. The van der Waals surface area contributed by atoms with Crippen molar-refractivity contribution in [1.82, 2.24) is 15.2 Å². The molecule has 0 aromatic carbocycles. The number of carbonyl (C=O) groups excluding carboxylic acids is 1. The summed E-state index contributed by atoms with van der Waals surface area (Å²) in [6.07, 6.45) is -0.395. The van der Waals surface area contributed by atoms with E-state index < -0.39 is 6.09 Å². The predicted molar refractivity (Wildman–Crippen MR) is 51.2 cm³/mol. The smallest absolute Gasteiger partial charge is 0.724 e. The zero-order chi connectivity index (χ0) is 11.3. The molecule has 1 saturated heterocycles. The van der Waals surface area contributed by atoms with Crippen molar-refractivity contribution in [1.29, 1.82) is 0 Å². The predicted octanol–water partition coefficient (Wildman–Crippen LogP) is -2.84. The summed E-state index contributed by atoms with van der Waals surface area (Å²) in [4.78, 5) is 22.7. The van der Waals surface area contributed by atoms with Crippen molar-refractivity contribution in [3.8, 4) is 0 Å². The summed E-state index contributed by atoms with van der Waals surface area (Å²) in [6, 6.07) is 0. The standard InChI is InChI=1S/C7H13N4O4.Na/c1-2-15-7(12)9-3-5-10(6-4-9)11(14)8-13;/h2-6H2,1H3;/q-1;+1. The van der Waals surface area contributed by atoms with Crippen LogP contribution in [0.3, 0.4) is 0 Å². The van der Waals surface area contributed by atoms with Gasteiger partial charge in [-0.05, 0) is 6.92 Å². The molecule has 1 fully saturated rings. The number of ether oxygens (including phenoxy) is 1. The van der Waals surface area contributed by atoms with Gasteiger partial charge in [-0.1, -0.05) is 0 Å². The minimum absolute atomic E-state index is 0. The molecule has 0 spiro atoms. The second kappa shape index (κ2) is 7.80. The van der Waals surface area contributed by atoms with E-state index >= 15 is 0 Å². The van der Waals surface area contributed by atoms with Gasteiger partial charge < -0.3 is 14.8 Å². The van der Waals surface area contributed by atoms with E-state index in [2.05, 4.69) is 5.29 Å². The molecular weight excluding hydrogens is 227 g/mol. The number of hydrogen-bond acceptors (Lipinski definition) is 6. The molecule has 86 valence electrons. The van der Waals surface area contributed by atoms with Crippen molar-refractivity contribution < 1.29 is 39.1 Å². The molecule has 0 aromatic heterocycles. The maximum Gasteiger partial charge on any atom is 1.00 e. The Bertz CT molecular complexity index is 234. The molecule has 0 aromatic rings. The number of hydrazine groups is 1. The van der Waals surface area contributed by atoms with E-state index in [0.717, 1.165) is 0 Å². The Kier molecular flexibility index (Phi) is 7.60. The fourth-order valence-electron chi connectivity index (χ4n) is 1.32. The van der Waals surface area contributed by atoms with Gasteiger partial charge in [0.25, 0.3) is 0 Å². The molecule has 1 aliphatic rings. The number of piperazine rings is 1. The molecule has 0 radical (unpaired) electrons. The summed E-state index contributed by atoms with van der Waals surface area (Å²) >= 11 is 0. The van der Waals surface area contributed by atoms with Crippen molar-refractivity contribution >= 4 is 6.09 Å².